The van der Waals surface area contributed by atoms with Gasteiger partial charge in [-0.1, -0.05) is 0 Å². The Kier molecular flexibility index (Phi) is 10.6. The van der Waals surface area contributed by atoms with Gasteiger partial charge in [0, 0.05) is 45.3 Å². The highest BCUT2D eigenvalue weighted by atomic mass is 127. The number of likely N-dealkylation sites (N-methyl/N-ethyl adjacent to an activating group) is 1. The summed E-state index contributed by atoms with van der Waals surface area (Å²) in [6.45, 7) is 13.5. The summed E-state index contributed by atoms with van der Waals surface area (Å²) in [5, 5.41) is 6.76. The molecule has 0 bridgehead atoms. The molecule has 1 aliphatic heterocycles. The zero-order valence-corrected chi connectivity index (χ0v) is 16.7. The quantitative estimate of drug-likeness (QED) is 0.312. The van der Waals surface area contributed by atoms with Crippen LogP contribution < -0.4 is 10.6 Å². The summed E-state index contributed by atoms with van der Waals surface area (Å²) in [6, 6.07) is 0. The highest BCUT2D eigenvalue weighted by Crippen LogP contribution is 2.01. The third-order valence-corrected chi connectivity index (χ3v) is 3.51. The van der Waals surface area contributed by atoms with E-state index in [-0.39, 0.29) is 29.5 Å². The van der Waals surface area contributed by atoms with Gasteiger partial charge in [0.2, 0.25) is 0 Å². The molecule has 126 valence electrons. The van der Waals surface area contributed by atoms with E-state index in [9.17, 15) is 0 Å². The number of guanidine groups is 1. The summed E-state index contributed by atoms with van der Waals surface area (Å²) in [5.74, 6) is 0.900. The van der Waals surface area contributed by atoms with Gasteiger partial charge < -0.3 is 20.4 Å². The molecule has 1 aliphatic rings. The molecule has 1 heterocycles. The van der Waals surface area contributed by atoms with Gasteiger partial charge in [0.1, 0.15) is 0 Å². The van der Waals surface area contributed by atoms with Gasteiger partial charge in [0.15, 0.2) is 5.96 Å². The first kappa shape index (κ1) is 20.9. The van der Waals surface area contributed by atoms with Crippen LogP contribution in [0.2, 0.25) is 0 Å². The largest absolute Gasteiger partial charge is 0.356 e. The van der Waals surface area contributed by atoms with Crippen LogP contribution in [0.25, 0.3) is 0 Å². The lowest BCUT2D eigenvalue weighted by molar-refractivity contribution is 0.152. The van der Waals surface area contributed by atoms with Gasteiger partial charge in [0.25, 0.3) is 0 Å². The molecule has 0 radical (unpaired) electrons. The molecule has 0 aromatic rings. The third-order valence-electron chi connectivity index (χ3n) is 3.51. The van der Waals surface area contributed by atoms with Crippen LogP contribution in [0, 0.1) is 0 Å². The third kappa shape index (κ3) is 10.3. The summed E-state index contributed by atoms with van der Waals surface area (Å²) < 4.78 is 0. The molecule has 0 spiro atoms. The monoisotopic (exact) mass is 411 g/mol. The van der Waals surface area contributed by atoms with Crippen LogP contribution in [0.3, 0.4) is 0 Å². The van der Waals surface area contributed by atoms with Crippen LogP contribution in [0.1, 0.15) is 33.6 Å². The molecule has 0 atom stereocenters. The van der Waals surface area contributed by atoms with Gasteiger partial charge in [-0.15, -0.1) is 24.0 Å². The van der Waals surface area contributed by atoms with Crippen molar-refractivity contribution < 1.29 is 0 Å². The van der Waals surface area contributed by atoms with Crippen LogP contribution in [-0.4, -0.2) is 74.7 Å². The first-order valence-corrected chi connectivity index (χ1v) is 7.80. The van der Waals surface area contributed by atoms with Crippen molar-refractivity contribution in [3.05, 3.63) is 0 Å². The summed E-state index contributed by atoms with van der Waals surface area (Å²) in [6.07, 6.45) is 2.44. The number of hydrogen-bond donors (Lipinski definition) is 2. The van der Waals surface area contributed by atoms with Crippen molar-refractivity contribution in [1.29, 1.82) is 0 Å². The molecule has 2 N–H and O–H groups in total. The minimum Gasteiger partial charge on any atom is -0.356 e. The zero-order chi connectivity index (χ0) is 15.0. The Morgan fingerprint density at radius 2 is 1.71 bits per heavy atom. The molecule has 0 saturated carbocycles. The molecular weight excluding hydrogens is 377 g/mol. The SMILES string of the molecule is CN=C(NCCCCN1CCN(C)CC1)NC(C)(C)C.I. The first-order chi connectivity index (χ1) is 9.40. The fraction of sp³-hybridized carbons (Fsp3) is 0.933. The van der Waals surface area contributed by atoms with E-state index in [4.69, 9.17) is 0 Å². The van der Waals surface area contributed by atoms with Crippen molar-refractivity contribution in [1.82, 2.24) is 20.4 Å². The van der Waals surface area contributed by atoms with Crippen molar-refractivity contribution >= 4 is 29.9 Å². The molecule has 5 nitrogen and oxygen atoms in total. The molecule has 0 amide bonds. The minimum atomic E-state index is 0. The number of nitrogens with zero attached hydrogens (tertiary/aromatic N) is 3. The van der Waals surface area contributed by atoms with Crippen LogP contribution >= 0.6 is 24.0 Å². The number of nitrogens with one attached hydrogen (secondary N) is 2. The van der Waals surface area contributed by atoms with E-state index >= 15 is 0 Å². The Morgan fingerprint density at radius 3 is 2.24 bits per heavy atom. The number of rotatable bonds is 5. The second-order valence-corrected chi connectivity index (χ2v) is 6.73. The number of piperazine rings is 1. The standard InChI is InChI=1S/C15H33N5.HI/c1-15(2,3)18-14(16-4)17-8-6-7-9-20-12-10-19(5)11-13-20;/h6-13H2,1-5H3,(H2,16,17,18);1H. The average molecular weight is 411 g/mol. The summed E-state index contributed by atoms with van der Waals surface area (Å²) in [5.41, 5.74) is 0.0572. The van der Waals surface area contributed by atoms with Crippen molar-refractivity contribution in [2.24, 2.45) is 4.99 Å². The van der Waals surface area contributed by atoms with Gasteiger partial charge in [-0.3, -0.25) is 4.99 Å². The van der Waals surface area contributed by atoms with E-state index < -0.39 is 0 Å². The fourth-order valence-corrected chi connectivity index (χ4v) is 2.27. The zero-order valence-electron chi connectivity index (χ0n) is 14.4. The maximum Gasteiger partial charge on any atom is 0.191 e. The molecule has 0 aromatic carbocycles. The van der Waals surface area contributed by atoms with Gasteiger partial charge in [-0.25, -0.2) is 0 Å². The van der Waals surface area contributed by atoms with E-state index in [1.54, 1.807) is 0 Å². The Hall–Kier alpha value is -0.0800. The summed E-state index contributed by atoms with van der Waals surface area (Å²) >= 11 is 0. The van der Waals surface area contributed by atoms with E-state index in [1.165, 1.54) is 45.6 Å². The number of halogens is 1. The summed E-state index contributed by atoms with van der Waals surface area (Å²) in [4.78, 5) is 9.22. The number of unbranched alkanes of at least 4 members (excludes halogenated alkanes) is 1. The number of aliphatic imine (C=N–C) groups is 1. The lowest BCUT2D eigenvalue weighted by Crippen LogP contribution is -2.48. The molecule has 21 heavy (non-hydrogen) atoms. The molecule has 0 unspecified atom stereocenters. The maximum atomic E-state index is 4.25. The highest BCUT2D eigenvalue weighted by Gasteiger charge is 2.13. The van der Waals surface area contributed by atoms with Gasteiger partial charge in [-0.2, -0.15) is 0 Å². The Bertz CT molecular complexity index is 293. The molecule has 6 heteroatoms. The Morgan fingerprint density at radius 1 is 1.10 bits per heavy atom. The van der Waals surface area contributed by atoms with E-state index in [2.05, 4.69) is 53.2 Å². The topological polar surface area (TPSA) is 42.9 Å². The normalized spacial score (nSPS) is 18.2. The van der Waals surface area contributed by atoms with E-state index in [0.29, 0.717) is 0 Å². The van der Waals surface area contributed by atoms with Crippen LogP contribution in [0.4, 0.5) is 0 Å². The predicted octanol–water partition coefficient (Wildman–Crippen LogP) is 1.60. The van der Waals surface area contributed by atoms with Crippen molar-refractivity contribution in [3.8, 4) is 0 Å². The lowest BCUT2D eigenvalue weighted by Gasteiger charge is -2.32. The maximum absolute atomic E-state index is 4.25. The van der Waals surface area contributed by atoms with Gasteiger partial charge in [0.05, 0.1) is 0 Å². The fourth-order valence-electron chi connectivity index (χ4n) is 2.27. The molecule has 1 rings (SSSR count). The predicted molar refractivity (Wildman–Crippen MR) is 103 cm³/mol. The van der Waals surface area contributed by atoms with Crippen LogP contribution in [0.15, 0.2) is 4.99 Å². The average Bonchev–Trinajstić information content (AvgIpc) is 2.37. The highest BCUT2D eigenvalue weighted by molar-refractivity contribution is 14.0. The van der Waals surface area contributed by atoms with Crippen LogP contribution in [0.5, 0.6) is 0 Å². The second kappa shape index (κ2) is 10.6. The van der Waals surface area contributed by atoms with Crippen LogP contribution in [-0.2, 0) is 0 Å². The molecular formula is C15H34IN5. The second-order valence-electron chi connectivity index (χ2n) is 6.73. The van der Waals surface area contributed by atoms with E-state index in [1.807, 2.05) is 7.05 Å². The van der Waals surface area contributed by atoms with Crippen molar-refractivity contribution in [2.45, 2.75) is 39.2 Å². The van der Waals surface area contributed by atoms with Crippen molar-refractivity contribution in [2.75, 3.05) is 53.4 Å². The van der Waals surface area contributed by atoms with E-state index in [0.717, 1.165) is 12.5 Å². The van der Waals surface area contributed by atoms with Gasteiger partial charge in [-0.05, 0) is 47.2 Å². The number of hydrogen-bond acceptors (Lipinski definition) is 3. The molecule has 1 saturated heterocycles. The van der Waals surface area contributed by atoms with Crippen molar-refractivity contribution in [3.63, 3.8) is 0 Å². The lowest BCUT2D eigenvalue weighted by atomic mass is 10.1. The first-order valence-electron chi connectivity index (χ1n) is 7.80. The smallest absolute Gasteiger partial charge is 0.191 e. The Labute approximate surface area is 148 Å². The molecule has 1 fully saturated rings. The molecule has 0 aliphatic carbocycles. The Balaban J connectivity index is 0.00000400. The van der Waals surface area contributed by atoms with Gasteiger partial charge >= 0.3 is 0 Å². The summed E-state index contributed by atoms with van der Waals surface area (Å²) in [7, 11) is 4.03. The molecule has 0 aromatic heterocycles. The minimum absolute atomic E-state index is 0.